The summed E-state index contributed by atoms with van der Waals surface area (Å²) < 4.78 is 10.9. The molecule has 2 fully saturated rings. The van der Waals surface area contributed by atoms with Crippen molar-refractivity contribution in [2.75, 3.05) is 26.8 Å². The van der Waals surface area contributed by atoms with Crippen LogP contribution in [0.4, 0.5) is 0 Å². The van der Waals surface area contributed by atoms with Crippen molar-refractivity contribution < 1.29 is 19.1 Å². The minimum Gasteiger partial charge on any atom is -0.493 e. The highest BCUT2D eigenvalue weighted by Crippen LogP contribution is 2.29. The number of amides is 2. The van der Waals surface area contributed by atoms with Gasteiger partial charge in [0.05, 0.1) is 7.11 Å². The van der Waals surface area contributed by atoms with E-state index in [1.54, 1.807) is 18.2 Å². The molecule has 2 heterocycles. The summed E-state index contributed by atoms with van der Waals surface area (Å²) >= 11 is 0. The van der Waals surface area contributed by atoms with Gasteiger partial charge in [-0.2, -0.15) is 0 Å². The molecule has 0 spiro atoms. The van der Waals surface area contributed by atoms with Gasteiger partial charge >= 0.3 is 0 Å². The Bertz CT molecular complexity index is 698. The Morgan fingerprint density at radius 2 is 1.96 bits per heavy atom. The maximum Gasteiger partial charge on any atom is 0.258 e. The molecule has 2 atom stereocenters. The SMILES string of the molecule is COc1cc(C(=O)N2CCC3CCC(C2)N3)ccc1OCC(=O)NC(C)C.Cl. The van der Waals surface area contributed by atoms with Crippen LogP contribution in [0, 0.1) is 0 Å². The Labute approximate surface area is 172 Å². The second kappa shape index (κ2) is 9.98. The van der Waals surface area contributed by atoms with Crippen LogP contribution in [-0.4, -0.2) is 61.6 Å². The summed E-state index contributed by atoms with van der Waals surface area (Å²) in [4.78, 5) is 26.6. The molecule has 0 aliphatic carbocycles. The fraction of sp³-hybridized carbons (Fsp3) is 0.600. The van der Waals surface area contributed by atoms with Crippen molar-refractivity contribution in [3.8, 4) is 11.5 Å². The molecule has 3 rings (SSSR count). The van der Waals surface area contributed by atoms with Crippen molar-refractivity contribution in [3.05, 3.63) is 23.8 Å². The number of rotatable bonds is 6. The zero-order valence-electron chi connectivity index (χ0n) is 16.7. The minimum atomic E-state index is -0.195. The summed E-state index contributed by atoms with van der Waals surface area (Å²) in [6.07, 6.45) is 3.32. The van der Waals surface area contributed by atoms with Gasteiger partial charge in [0.15, 0.2) is 18.1 Å². The molecule has 7 nitrogen and oxygen atoms in total. The first-order chi connectivity index (χ1) is 13.0. The molecule has 8 heteroatoms. The van der Waals surface area contributed by atoms with E-state index in [9.17, 15) is 9.59 Å². The average molecular weight is 412 g/mol. The topological polar surface area (TPSA) is 79.9 Å². The number of ether oxygens (including phenoxy) is 2. The summed E-state index contributed by atoms with van der Waals surface area (Å²) in [5.74, 6) is 0.711. The molecular formula is C20H30ClN3O4. The van der Waals surface area contributed by atoms with Crippen LogP contribution in [0.3, 0.4) is 0 Å². The van der Waals surface area contributed by atoms with E-state index in [2.05, 4.69) is 10.6 Å². The maximum absolute atomic E-state index is 12.9. The zero-order chi connectivity index (χ0) is 19.4. The van der Waals surface area contributed by atoms with Crippen LogP contribution in [0.1, 0.15) is 43.5 Å². The van der Waals surface area contributed by atoms with Crippen LogP contribution in [0.5, 0.6) is 11.5 Å². The van der Waals surface area contributed by atoms with Crippen molar-refractivity contribution in [2.24, 2.45) is 0 Å². The molecule has 2 amide bonds. The monoisotopic (exact) mass is 411 g/mol. The Balaban J connectivity index is 0.00000280. The average Bonchev–Trinajstić information content (AvgIpc) is 2.97. The third kappa shape index (κ3) is 5.52. The van der Waals surface area contributed by atoms with Crippen molar-refractivity contribution in [3.63, 3.8) is 0 Å². The summed E-state index contributed by atoms with van der Waals surface area (Å²) in [5, 5.41) is 6.36. The Kier molecular flexibility index (Phi) is 7.95. The second-order valence-electron chi connectivity index (χ2n) is 7.55. The normalized spacial score (nSPS) is 20.9. The number of likely N-dealkylation sites (tertiary alicyclic amines) is 1. The fourth-order valence-electron chi connectivity index (χ4n) is 3.74. The molecule has 0 aromatic heterocycles. The molecule has 2 N–H and O–H groups in total. The lowest BCUT2D eigenvalue weighted by Gasteiger charge is -2.24. The minimum absolute atomic E-state index is 0. The summed E-state index contributed by atoms with van der Waals surface area (Å²) in [6.45, 7) is 5.20. The number of hydrogen-bond acceptors (Lipinski definition) is 5. The van der Waals surface area contributed by atoms with Crippen LogP contribution >= 0.6 is 12.4 Å². The van der Waals surface area contributed by atoms with Gasteiger partial charge in [-0.1, -0.05) is 0 Å². The van der Waals surface area contributed by atoms with E-state index < -0.39 is 0 Å². The standard InChI is InChI=1S/C20H29N3O4.ClH/c1-13(2)21-19(24)12-27-17-7-4-14(10-18(17)26-3)20(25)23-9-8-15-5-6-16(11-23)22-15;/h4,7,10,13,15-16,22H,5-6,8-9,11-12H2,1-3H3,(H,21,24);1H. The Morgan fingerprint density at radius 3 is 2.68 bits per heavy atom. The molecule has 2 aliphatic heterocycles. The maximum atomic E-state index is 12.9. The van der Waals surface area contributed by atoms with E-state index in [1.807, 2.05) is 18.7 Å². The molecule has 28 heavy (non-hydrogen) atoms. The van der Waals surface area contributed by atoms with Crippen molar-refractivity contribution >= 4 is 24.2 Å². The number of nitrogens with zero attached hydrogens (tertiary/aromatic N) is 1. The molecule has 0 radical (unpaired) electrons. The third-order valence-electron chi connectivity index (χ3n) is 5.03. The van der Waals surface area contributed by atoms with E-state index in [-0.39, 0.29) is 36.9 Å². The molecule has 2 saturated heterocycles. The van der Waals surface area contributed by atoms with Crippen LogP contribution in [0.25, 0.3) is 0 Å². The van der Waals surface area contributed by atoms with Gasteiger partial charge in [0.1, 0.15) is 0 Å². The molecular weight excluding hydrogens is 382 g/mol. The molecule has 156 valence electrons. The number of methoxy groups -OCH3 is 1. The summed E-state index contributed by atoms with van der Waals surface area (Å²) in [6, 6.07) is 6.10. The van der Waals surface area contributed by atoms with Gasteiger partial charge in [0.2, 0.25) is 0 Å². The first-order valence-electron chi connectivity index (χ1n) is 9.61. The summed E-state index contributed by atoms with van der Waals surface area (Å²) in [5.41, 5.74) is 0.573. The molecule has 1 aromatic carbocycles. The fourth-order valence-corrected chi connectivity index (χ4v) is 3.74. The molecule has 2 aliphatic rings. The Morgan fingerprint density at radius 1 is 1.21 bits per heavy atom. The quantitative estimate of drug-likeness (QED) is 0.748. The van der Waals surface area contributed by atoms with Gasteiger partial charge in [-0.25, -0.2) is 0 Å². The summed E-state index contributed by atoms with van der Waals surface area (Å²) in [7, 11) is 1.53. The van der Waals surface area contributed by atoms with Crippen molar-refractivity contribution in [2.45, 2.75) is 51.2 Å². The van der Waals surface area contributed by atoms with E-state index in [0.717, 1.165) is 25.9 Å². The van der Waals surface area contributed by atoms with E-state index in [4.69, 9.17) is 9.47 Å². The third-order valence-corrected chi connectivity index (χ3v) is 5.03. The lowest BCUT2D eigenvalue weighted by Crippen LogP contribution is -2.39. The van der Waals surface area contributed by atoms with Gasteiger partial charge in [-0.3, -0.25) is 9.59 Å². The Hall–Kier alpha value is -1.99. The predicted molar refractivity (Wildman–Crippen MR) is 109 cm³/mol. The molecule has 2 unspecified atom stereocenters. The van der Waals surface area contributed by atoms with Crippen molar-refractivity contribution in [1.29, 1.82) is 0 Å². The number of fused-ring (bicyclic) bond motifs is 2. The van der Waals surface area contributed by atoms with Gasteiger partial charge in [0.25, 0.3) is 11.8 Å². The van der Waals surface area contributed by atoms with Crippen molar-refractivity contribution in [1.82, 2.24) is 15.5 Å². The number of halogens is 1. The van der Waals surface area contributed by atoms with Gasteiger partial charge in [-0.05, 0) is 51.3 Å². The first-order valence-corrected chi connectivity index (χ1v) is 9.61. The van der Waals surface area contributed by atoms with E-state index >= 15 is 0 Å². The number of carbonyl (C=O) groups excluding carboxylic acids is 2. The number of nitrogens with one attached hydrogen (secondary N) is 2. The number of carbonyl (C=O) groups is 2. The van der Waals surface area contributed by atoms with E-state index in [0.29, 0.717) is 29.1 Å². The lowest BCUT2D eigenvalue weighted by atomic mass is 10.1. The van der Waals surface area contributed by atoms with Crippen LogP contribution < -0.4 is 20.1 Å². The van der Waals surface area contributed by atoms with Gasteiger partial charge < -0.3 is 25.0 Å². The smallest absolute Gasteiger partial charge is 0.258 e. The molecule has 1 aromatic rings. The highest BCUT2D eigenvalue weighted by molar-refractivity contribution is 5.95. The highest BCUT2D eigenvalue weighted by atomic mass is 35.5. The lowest BCUT2D eigenvalue weighted by molar-refractivity contribution is -0.123. The first kappa shape index (κ1) is 22.3. The number of hydrogen-bond donors (Lipinski definition) is 2. The highest BCUT2D eigenvalue weighted by Gasteiger charge is 2.31. The zero-order valence-corrected chi connectivity index (χ0v) is 17.5. The van der Waals surface area contributed by atoms with Crippen LogP contribution in [0.2, 0.25) is 0 Å². The van der Waals surface area contributed by atoms with Crippen LogP contribution in [0.15, 0.2) is 18.2 Å². The largest absolute Gasteiger partial charge is 0.493 e. The van der Waals surface area contributed by atoms with Gasteiger partial charge in [-0.15, -0.1) is 12.4 Å². The predicted octanol–water partition coefficient (Wildman–Crippen LogP) is 1.99. The van der Waals surface area contributed by atoms with Gasteiger partial charge in [0, 0.05) is 36.8 Å². The second-order valence-corrected chi connectivity index (χ2v) is 7.55. The molecule has 2 bridgehead atoms. The molecule has 0 saturated carbocycles. The number of benzene rings is 1. The van der Waals surface area contributed by atoms with E-state index in [1.165, 1.54) is 13.5 Å². The van der Waals surface area contributed by atoms with Crippen LogP contribution in [-0.2, 0) is 4.79 Å².